The quantitative estimate of drug-likeness (QED) is 0.256. The number of halogens is 4. The first kappa shape index (κ1) is 31.1. The second-order valence-electron chi connectivity index (χ2n) is 10.8. The molecule has 1 aliphatic carbocycles. The topological polar surface area (TPSA) is 105 Å². The number of pyridine rings is 2. The Morgan fingerprint density at radius 3 is 2.40 bits per heavy atom. The predicted octanol–water partition coefficient (Wildman–Crippen LogP) is 7.82. The van der Waals surface area contributed by atoms with Crippen molar-refractivity contribution >= 4 is 35.0 Å². The van der Waals surface area contributed by atoms with E-state index in [9.17, 15) is 27.9 Å². The number of aromatic nitrogens is 2. The lowest BCUT2D eigenvalue weighted by Crippen LogP contribution is -2.42. The minimum absolute atomic E-state index is 0.00181. The first-order valence-electron chi connectivity index (χ1n) is 13.6. The van der Waals surface area contributed by atoms with Crippen molar-refractivity contribution in [3.8, 4) is 11.6 Å². The Morgan fingerprint density at radius 2 is 1.81 bits per heavy atom. The molecule has 0 atom stereocenters. The number of carbonyl (C=O) groups is 2. The molecule has 224 valence electrons. The van der Waals surface area contributed by atoms with E-state index in [4.69, 9.17) is 16.3 Å². The minimum Gasteiger partial charge on any atom is -0.478 e. The number of anilines is 2. The first-order chi connectivity index (χ1) is 19.8. The summed E-state index contributed by atoms with van der Waals surface area (Å²) in [6.45, 7) is 5.73. The van der Waals surface area contributed by atoms with Gasteiger partial charge in [0.2, 0.25) is 11.8 Å². The van der Waals surface area contributed by atoms with Gasteiger partial charge in [-0.2, -0.15) is 13.2 Å². The molecule has 3 aromatic rings. The van der Waals surface area contributed by atoms with Crippen LogP contribution >= 0.6 is 11.6 Å². The van der Waals surface area contributed by atoms with Crippen LogP contribution in [0.15, 0.2) is 48.8 Å². The standard InChI is InChI=1S/C30H32ClF3N4O4/c1-17(2)38(28(39)20-6-4-18(3)5-7-20)25-10-9-22(13-23(25)29(40)41)42-27-24(30(32,33)34)12-19(15-37-27)14-35-26-11-8-21(31)16-36-26/h8-13,15-18,20H,4-7,14H2,1-3H3,(H,35,36)(H,40,41). The zero-order valence-electron chi connectivity index (χ0n) is 23.4. The van der Waals surface area contributed by atoms with E-state index in [1.165, 1.54) is 29.4 Å². The Balaban J connectivity index is 1.60. The lowest BCUT2D eigenvalue weighted by atomic mass is 9.82. The average Bonchev–Trinajstić information content (AvgIpc) is 2.93. The molecule has 0 radical (unpaired) electrons. The number of aromatic carboxylic acids is 1. The van der Waals surface area contributed by atoms with Crippen molar-refractivity contribution in [3.63, 3.8) is 0 Å². The van der Waals surface area contributed by atoms with Crippen molar-refractivity contribution in [2.45, 2.75) is 65.2 Å². The molecule has 42 heavy (non-hydrogen) atoms. The Morgan fingerprint density at radius 1 is 1.10 bits per heavy atom. The van der Waals surface area contributed by atoms with Gasteiger partial charge in [0.1, 0.15) is 17.1 Å². The molecule has 2 heterocycles. The molecular formula is C30H32ClF3N4O4. The zero-order valence-corrected chi connectivity index (χ0v) is 24.2. The molecule has 2 N–H and O–H groups in total. The van der Waals surface area contributed by atoms with Crippen molar-refractivity contribution in [1.82, 2.24) is 9.97 Å². The second-order valence-corrected chi connectivity index (χ2v) is 11.2. The van der Waals surface area contributed by atoms with E-state index in [2.05, 4.69) is 22.2 Å². The van der Waals surface area contributed by atoms with Crippen LogP contribution in [0.1, 0.15) is 67.9 Å². The van der Waals surface area contributed by atoms with Crippen molar-refractivity contribution in [2.24, 2.45) is 11.8 Å². The maximum atomic E-state index is 14.0. The predicted molar refractivity (Wildman–Crippen MR) is 153 cm³/mol. The fraction of sp³-hybridized carbons (Fsp3) is 0.400. The number of ether oxygens (including phenoxy) is 1. The molecule has 0 unspecified atom stereocenters. The number of nitrogens with zero attached hydrogens (tertiary/aromatic N) is 3. The number of carboxylic acids is 1. The number of hydrogen-bond acceptors (Lipinski definition) is 6. The number of carboxylic acid groups (broad SMARTS) is 1. The van der Waals surface area contributed by atoms with E-state index in [1.807, 2.05) is 0 Å². The first-order valence-corrected chi connectivity index (χ1v) is 14.0. The van der Waals surface area contributed by atoms with Crippen LogP contribution in [-0.4, -0.2) is 33.0 Å². The van der Waals surface area contributed by atoms with E-state index in [0.29, 0.717) is 16.8 Å². The van der Waals surface area contributed by atoms with Gasteiger partial charge in [-0.05, 0) is 87.4 Å². The van der Waals surface area contributed by atoms with Gasteiger partial charge in [0.15, 0.2) is 0 Å². The van der Waals surface area contributed by atoms with Crippen LogP contribution in [0.2, 0.25) is 5.02 Å². The van der Waals surface area contributed by atoms with Gasteiger partial charge in [0.05, 0.1) is 16.3 Å². The zero-order chi connectivity index (χ0) is 30.6. The molecule has 0 spiro atoms. The third-order valence-electron chi connectivity index (χ3n) is 7.21. The van der Waals surface area contributed by atoms with E-state index in [-0.39, 0.29) is 47.0 Å². The highest BCUT2D eigenvalue weighted by Crippen LogP contribution is 2.39. The lowest BCUT2D eigenvalue weighted by Gasteiger charge is -2.34. The SMILES string of the molecule is CC1CCC(C(=O)N(c2ccc(Oc3ncc(CNc4ccc(Cl)cn4)cc3C(F)(F)F)cc2C(=O)O)C(C)C)CC1. The molecule has 1 aliphatic rings. The molecular weight excluding hydrogens is 573 g/mol. The van der Waals surface area contributed by atoms with Crippen molar-refractivity contribution in [3.05, 3.63) is 70.5 Å². The number of rotatable bonds is 9. The van der Waals surface area contributed by atoms with Gasteiger partial charge in [-0.3, -0.25) is 4.79 Å². The largest absolute Gasteiger partial charge is 0.478 e. The van der Waals surface area contributed by atoms with E-state index in [1.54, 1.807) is 26.0 Å². The number of hydrogen-bond donors (Lipinski definition) is 2. The van der Waals surface area contributed by atoms with Gasteiger partial charge in [0.25, 0.3) is 0 Å². The smallest absolute Gasteiger partial charge is 0.421 e. The monoisotopic (exact) mass is 604 g/mol. The van der Waals surface area contributed by atoms with Crippen LogP contribution in [0.4, 0.5) is 24.7 Å². The lowest BCUT2D eigenvalue weighted by molar-refractivity contribution is -0.139. The summed E-state index contributed by atoms with van der Waals surface area (Å²) >= 11 is 5.81. The van der Waals surface area contributed by atoms with Gasteiger partial charge in [-0.15, -0.1) is 0 Å². The summed E-state index contributed by atoms with van der Waals surface area (Å²) in [5, 5.41) is 13.3. The van der Waals surface area contributed by atoms with Gasteiger partial charge in [-0.25, -0.2) is 14.8 Å². The molecule has 1 aromatic carbocycles. The van der Waals surface area contributed by atoms with Crippen molar-refractivity contribution in [2.75, 3.05) is 10.2 Å². The summed E-state index contributed by atoms with van der Waals surface area (Å²) < 4.78 is 47.5. The second kappa shape index (κ2) is 13.0. The Labute approximate surface area is 246 Å². The van der Waals surface area contributed by atoms with Crippen LogP contribution in [-0.2, 0) is 17.5 Å². The molecule has 1 amide bonds. The summed E-state index contributed by atoms with van der Waals surface area (Å²) in [4.78, 5) is 35.2. The highest BCUT2D eigenvalue weighted by molar-refractivity contribution is 6.30. The Kier molecular flexibility index (Phi) is 9.60. The van der Waals surface area contributed by atoms with Gasteiger partial charge < -0.3 is 20.1 Å². The van der Waals surface area contributed by atoms with Gasteiger partial charge >= 0.3 is 12.1 Å². The minimum atomic E-state index is -4.80. The molecule has 4 rings (SSSR count). The van der Waals surface area contributed by atoms with Crippen LogP contribution < -0.4 is 15.0 Å². The molecule has 1 fully saturated rings. The van der Waals surface area contributed by atoms with E-state index < -0.39 is 23.6 Å². The summed E-state index contributed by atoms with van der Waals surface area (Å²) in [6, 6.07) is 7.60. The van der Waals surface area contributed by atoms with Crippen molar-refractivity contribution < 1.29 is 32.6 Å². The fourth-order valence-corrected chi connectivity index (χ4v) is 5.09. The van der Waals surface area contributed by atoms with Crippen LogP contribution in [0.5, 0.6) is 11.6 Å². The average molecular weight is 605 g/mol. The van der Waals surface area contributed by atoms with Crippen LogP contribution in [0.25, 0.3) is 0 Å². The number of alkyl halides is 3. The number of nitrogens with one attached hydrogen (secondary N) is 1. The number of amides is 1. The molecule has 0 saturated heterocycles. The highest BCUT2D eigenvalue weighted by Gasteiger charge is 2.36. The molecule has 0 aliphatic heterocycles. The highest BCUT2D eigenvalue weighted by atomic mass is 35.5. The van der Waals surface area contributed by atoms with Crippen LogP contribution in [0.3, 0.4) is 0 Å². The maximum Gasteiger partial charge on any atom is 0.421 e. The summed E-state index contributed by atoms with van der Waals surface area (Å²) in [5.41, 5.74) is -1.01. The third-order valence-corrected chi connectivity index (χ3v) is 7.43. The molecule has 1 saturated carbocycles. The molecule has 8 nitrogen and oxygen atoms in total. The fourth-order valence-electron chi connectivity index (χ4n) is 4.98. The summed E-state index contributed by atoms with van der Waals surface area (Å²) in [7, 11) is 0. The van der Waals surface area contributed by atoms with Crippen molar-refractivity contribution in [1.29, 1.82) is 0 Å². The normalized spacial score (nSPS) is 17.1. The maximum absolute atomic E-state index is 14.0. The Hall–Kier alpha value is -3.86. The van der Waals surface area contributed by atoms with E-state index in [0.717, 1.165) is 37.8 Å². The van der Waals surface area contributed by atoms with Gasteiger partial charge in [0, 0.05) is 30.9 Å². The Bertz CT molecular complexity index is 1430. The number of benzene rings is 1. The molecule has 12 heteroatoms. The van der Waals surface area contributed by atoms with Gasteiger partial charge in [-0.1, -0.05) is 18.5 Å². The number of carbonyl (C=O) groups excluding carboxylic acids is 1. The van der Waals surface area contributed by atoms with Crippen LogP contribution in [0, 0.1) is 11.8 Å². The molecule has 2 aromatic heterocycles. The summed E-state index contributed by atoms with van der Waals surface area (Å²) in [5.74, 6) is -1.65. The summed E-state index contributed by atoms with van der Waals surface area (Å²) in [6.07, 6.45) is 1.12. The third kappa shape index (κ3) is 7.50. The van der Waals surface area contributed by atoms with E-state index >= 15 is 0 Å². The molecule has 0 bridgehead atoms.